The number of H-pyrrole nitrogens is 1. The molecule has 2 unspecified atom stereocenters. The molecule has 3 rings (SSSR count). The molecule has 0 fully saturated rings. The van der Waals surface area contributed by atoms with Crippen molar-refractivity contribution < 1.29 is 9.60 Å². The van der Waals surface area contributed by atoms with Gasteiger partial charge in [0.15, 0.2) is 0 Å². The molecule has 2 heteroatoms. The Bertz CT molecular complexity index is 899. The highest BCUT2D eigenvalue weighted by atomic mass is 79.9. The average Bonchev–Trinajstić information content (AvgIpc) is 2.79. The standard InChI is InChI=1S/C12H10BrN/c13-8-5-6-12-10(7-8)9-3-1-2-4-11(9)14-12/h1-4,6-8,14H,5H2/i1D,2D,3D,4D,5D,6D,8D. The summed E-state index contributed by atoms with van der Waals surface area (Å²) in [4.78, 5) is 1.32. The Kier molecular flexibility index (Phi) is 0.823. The third-order valence-corrected chi connectivity index (χ3v) is 2.57. The lowest BCUT2D eigenvalue weighted by atomic mass is 10.1. The molecule has 14 heavy (non-hydrogen) atoms. The second-order valence-corrected chi connectivity index (χ2v) is 3.90. The largest absolute Gasteiger partial charge is 0.355 e. The molecule has 1 aromatic heterocycles. The first-order valence-electron chi connectivity index (χ1n) is 7.67. The molecule has 2 atom stereocenters. The molecule has 1 heterocycles. The molecular weight excluding hydrogens is 238 g/mol. The van der Waals surface area contributed by atoms with Crippen LogP contribution in [0.5, 0.6) is 0 Å². The minimum Gasteiger partial charge on any atom is -0.355 e. The molecule has 0 amide bonds. The summed E-state index contributed by atoms with van der Waals surface area (Å²) < 4.78 is 55.3. The molecular formula is C12H10BrN. The highest BCUT2D eigenvalue weighted by molar-refractivity contribution is 9.09. The maximum atomic E-state index is 8.05. The summed E-state index contributed by atoms with van der Waals surface area (Å²) in [7, 11) is 0. The number of rotatable bonds is 0. The Hall–Kier alpha value is -1.02. The number of hydrogen-bond acceptors (Lipinski definition) is 0. The highest BCUT2D eigenvalue weighted by Gasteiger charge is 2.06. The summed E-state index contributed by atoms with van der Waals surface area (Å²) in [5.41, 5.74) is 0.199. The Morgan fingerprint density at radius 1 is 1.57 bits per heavy atom. The van der Waals surface area contributed by atoms with E-state index in [1.54, 1.807) is 0 Å². The number of para-hydroxylation sites is 1. The van der Waals surface area contributed by atoms with Crippen LogP contribution in [0.2, 0.25) is 0 Å². The summed E-state index contributed by atoms with van der Waals surface area (Å²) in [5.74, 6) is 0. The van der Waals surface area contributed by atoms with Gasteiger partial charge >= 0.3 is 0 Å². The van der Waals surface area contributed by atoms with E-state index in [4.69, 9.17) is 9.60 Å². The number of nitrogens with one attached hydrogen (secondary N) is 1. The summed E-state index contributed by atoms with van der Waals surface area (Å²) in [5, 5.41) is 0.903. The monoisotopic (exact) mass is 254 g/mol. The van der Waals surface area contributed by atoms with Crippen LogP contribution in [0.25, 0.3) is 23.0 Å². The first kappa shape index (κ1) is 3.86. The van der Waals surface area contributed by atoms with E-state index in [0.29, 0.717) is 5.22 Å². The number of halogens is 1. The quantitative estimate of drug-likeness (QED) is 0.692. The molecule has 0 bridgehead atoms. The average molecular weight is 255 g/mol. The van der Waals surface area contributed by atoms with Crippen molar-refractivity contribution in [1.29, 1.82) is 0 Å². The van der Waals surface area contributed by atoms with Gasteiger partial charge in [-0.05, 0) is 12.4 Å². The topological polar surface area (TPSA) is 15.8 Å². The Morgan fingerprint density at radius 3 is 3.36 bits per heavy atom. The first-order chi connectivity index (χ1) is 9.66. The maximum Gasteiger partial charge on any atom is 0.0645 e. The summed E-state index contributed by atoms with van der Waals surface area (Å²) >= 11 is 3.09. The van der Waals surface area contributed by atoms with Crippen LogP contribution in [0.4, 0.5) is 0 Å². The van der Waals surface area contributed by atoms with Gasteiger partial charge in [0.2, 0.25) is 0 Å². The minimum atomic E-state index is -1.50. The van der Waals surface area contributed by atoms with E-state index in [9.17, 15) is 0 Å². The lowest BCUT2D eigenvalue weighted by Crippen LogP contribution is -2.27. The van der Waals surface area contributed by atoms with Crippen molar-refractivity contribution in [2.45, 2.75) is 11.2 Å². The van der Waals surface area contributed by atoms with Crippen LogP contribution in [0.3, 0.4) is 0 Å². The van der Waals surface area contributed by atoms with Crippen LogP contribution >= 0.6 is 15.9 Å². The van der Waals surface area contributed by atoms with Crippen molar-refractivity contribution in [3.05, 3.63) is 34.7 Å². The molecule has 0 radical (unpaired) electrons. The van der Waals surface area contributed by atoms with E-state index >= 15 is 0 Å². The van der Waals surface area contributed by atoms with Crippen molar-refractivity contribution in [1.82, 2.24) is 4.98 Å². The van der Waals surface area contributed by atoms with Crippen LogP contribution < -0.4 is 10.6 Å². The molecule has 1 aliphatic rings. The van der Waals surface area contributed by atoms with Gasteiger partial charge in [0.25, 0.3) is 0 Å². The normalized spacial score (nSPS) is 38.2. The third kappa shape index (κ3) is 1.14. The van der Waals surface area contributed by atoms with Crippen molar-refractivity contribution in [3.8, 4) is 0 Å². The Balaban J connectivity index is 2.65. The Labute approximate surface area is 100 Å². The third-order valence-electron chi connectivity index (χ3n) is 2.11. The molecule has 1 aliphatic carbocycles. The molecule has 0 aliphatic heterocycles. The van der Waals surface area contributed by atoms with Gasteiger partial charge in [-0.1, -0.05) is 46.2 Å². The van der Waals surface area contributed by atoms with Crippen LogP contribution in [0.15, 0.2) is 24.2 Å². The minimum absolute atomic E-state index is 0.118. The molecule has 0 saturated heterocycles. The zero-order chi connectivity index (χ0) is 15.7. The Morgan fingerprint density at radius 2 is 2.43 bits per heavy atom. The maximum absolute atomic E-state index is 8.05. The SMILES string of the molecule is [2H]C1=c2[nH]c3c([2H])c([2H])c([2H])c([2H])c3c2=CC([2H])(Br)C1[2H]. The number of fused-ring (bicyclic) bond motifs is 3. The predicted octanol–water partition coefficient (Wildman–Crippen LogP) is 1.90. The molecule has 0 spiro atoms. The lowest BCUT2D eigenvalue weighted by molar-refractivity contribution is 1.14. The second-order valence-electron chi connectivity index (χ2n) is 2.98. The van der Waals surface area contributed by atoms with E-state index in [1.807, 2.05) is 0 Å². The van der Waals surface area contributed by atoms with E-state index in [0.717, 1.165) is 0 Å². The van der Waals surface area contributed by atoms with Gasteiger partial charge in [0.1, 0.15) is 0 Å². The van der Waals surface area contributed by atoms with Gasteiger partial charge in [-0.15, -0.1) is 0 Å². The van der Waals surface area contributed by atoms with Crippen molar-refractivity contribution >= 4 is 39.0 Å². The summed E-state index contributed by atoms with van der Waals surface area (Å²) in [6.45, 7) is 0. The lowest BCUT2D eigenvalue weighted by Gasteiger charge is -2.02. The fourth-order valence-corrected chi connectivity index (χ4v) is 1.85. The van der Waals surface area contributed by atoms with Crippen LogP contribution in [0.1, 0.15) is 16.0 Å². The molecule has 70 valence electrons. The molecule has 1 aromatic carbocycles. The summed E-state index contributed by atoms with van der Waals surface area (Å²) in [6, 6.07) is -1.25. The molecule has 0 saturated carbocycles. The summed E-state index contributed by atoms with van der Waals surface area (Å²) in [6.07, 6.45) is 0.268. The van der Waals surface area contributed by atoms with E-state index in [2.05, 4.69) is 20.9 Å². The van der Waals surface area contributed by atoms with Gasteiger partial charge in [-0.25, -0.2) is 0 Å². The number of aromatic nitrogens is 1. The fraction of sp³-hybridized carbons (Fsp3) is 0.167. The van der Waals surface area contributed by atoms with Gasteiger partial charge in [-0.3, -0.25) is 0 Å². The van der Waals surface area contributed by atoms with E-state index < -0.39 is 11.2 Å². The van der Waals surface area contributed by atoms with Crippen molar-refractivity contribution in [2.24, 2.45) is 0 Å². The van der Waals surface area contributed by atoms with Gasteiger partial charge in [0.05, 0.1) is 6.85 Å². The number of alkyl halides is 1. The van der Waals surface area contributed by atoms with Crippen molar-refractivity contribution in [3.63, 3.8) is 0 Å². The predicted molar refractivity (Wildman–Crippen MR) is 63.8 cm³/mol. The number of hydrogen-bond donors (Lipinski definition) is 1. The molecule has 1 nitrogen and oxygen atoms in total. The van der Waals surface area contributed by atoms with Crippen LogP contribution in [0, 0.1) is 0 Å². The van der Waals surface area contributed by atoms with Gasteiger partial charge in [-0.2, -0.15) is 0 Å². The smallest absolute Gasteiger partial charge is 0.0645 e. The van der Waals surface area contributed by atoms with Crippen molar-refractivity contribution in [2.75, 3.05) is 0 Å². The second kappa shape index (κ2) is 2.99. The zero-order valence-corrected chi connectivity index (χ0v) is 8.62. The number of benzene rings is 1. The van der Waals surface area contributed by atoms with Gasteiger partial charge in [0, 0.05) is 29.0 Å². The van der Waals surface area contributed by atoms with Gasteiger partial charge < -0.3 is 4.98 Å². The van der Waals surface area contributed by atoms with E-state index in [1.165, 1.54) is 6.08 Å². The van der Waals surface area contributed by atoms with Crippen LogP contribution in [-0.4, -0.2) is 9.79 Å². The van der Waals surface area contributed by atoms with E-state index in [-0.39, 0.29) is 46.5 Å². The first-order valence-corrected chi connectivity index (χ1v) is 4.89. The molecule has 1 N–H and O–H groups in total. The molecule has 2 aromatic rings. The fourth-order valence-electron chi connectivity index (χ4n) is 1.50. The zero-order valence-electron chi connectivity index (χ0n) is 14.0. The number of aromatic amines is 1. The highest BCUT2D eigenvalue weighted by Crippen LogP contribution is 2.12. The van der Waals surface area contributed by atoms with Crippen LogP contribution in [-0.2, 0) is 0 Å².